The normalized spacial score (nSPS) is 25.6. The molecule has 1 amide bonds. The molecule has 0 radical (unpaired) electrons. The Labute approximate surface area is 206 Å². The van der Waals surface area contributed by atoms with Crippen molar-refractivity contribution in [2.45, 2.75) is 43.6 Å². The maximum Gasteiger partial charge on any atom is 0.274 e. The molecule has 0 bridgehead atoms. The fourth-order valence-corrected chi connectivity index (χ4v) is 6.09. The molecule has 3 N–H and O–H groups in total. The molecule has 2 aromatic rings. The molecule has 0 spiro atoms. The van der Waals surface area contributed by atoms with Crippen LogP contribution in [0.15, 0.2) is 29.4 Å². The molecule has 184 valence electrons. The highest BCUT2D eigenvalue weighted by molar-refractivity contribution is 8.15. The van der Waals surface area contributed by atoms with E-state index in [9.17, 15) is 9.18 Å². The van der Waals surface area contributed by atoms with Gasteiger partial charge in [-0.2, -0.15) is 0 Å². The minimum absolute atomic E-state index is 0.0238. The van der Waals surface area contributed by atoms with Gasteiger partial charge in [-0.25, -0.2) is 13.8 Å². The molecule has 4 atom stereocenters. The lowest BCUT2D eigenvalue weighted by Gasteiger charge is -2.34. The standard InChI is InChI=1S/C25H26F2N4O3S/c1-6-14(3)34-16-7-13(2)21(29-11-16)22(32)30-15-8-17(20(27)18(26)9-15)24(4)19-10-25(19,12-33-5)35-23(28)31-24/h1,7-9,11,14,19H,10,12H2,2-5H3,(H2,28,31)(H,30,32)/t14-,19-,24+,25+/m0/s1. The third kappa shape index (κ3) is 4.58. The maximum atomic E-state index is 15.1. The van der Waals surface area contributed by atoms with Crippen LogP contribution in [0.25, 0.3) is 0 Å². The van der Waals surface area contributed by atoms with E-state index in [0.29, 0.717) is 24.3 Å². The number of pyridine rings is 1. The molecule has 1 saturated carbocycles. The molecule has 10 heteroatoms. The maximum absolute atomic E-state index is 15.1. The summed E-state index contributed by atoms with van der Waals surface area (Å²) in [5, 5.41) is 2.90. The van der Waals surface area contributed by atoms with Gasteiger partial charge in [-0.1, -0.05) is 17.7 Å². The van der Waals surface area contributed by atoms with Crippen LogP contribution in [-0.4, -0.2) is 40.6 Å². The molecule has 2 heterocycles. The predicted octanol–water partition coefficient (Wildman–Crippen LogP) is 4.00. The van der Waals surface area contributed by atoms with E-state index in [1.807, 2.05) is 0 Å². The molecule has 1 aliphatic heterocycles. The Hall–Kier alpha value is -3.16. The van der Waals surface area contributed by atoms with Crippen LogP contribution in [0.1, 0.15) is 41.9 Å². The zero-order valence-electron chi connectivity index (χ0n) is 19.8. The average Bonchev–Trinajstić information content (AvgIpc) is 3.50. The Morgan fingerprint density at radius 1 is 1.43 bits per heavy atom. The molecule has 0 saturated heterocycles. The quantitative estimate of drug-likeness (QED) is 0.558. The first kappa shape index (κ1) is 24.9. The molecule has 1 fully saturated rings. The number of ether oxygens (including phenoxy) is 2. The Morgan fingerprint density at radius 3 is 2.83 bits per heavy atom. The average molecular weight is 501 g/mol. The lowest BCUT2D eigenvalue weighted by Crippen LogP contribution is -2.38. The van der Waals surface area contributed by atoms with Crippen molar-refractivity contribution in [1.82, 2.24) is 4.98 Å². The number of carbonyl (C=O) groups excluding carboxylic acids is 1. The summed E-state index contributed by atoms with van der Waals surface area (Å²) in [6.45, 7) is 5.54. The van der Waals surface area contributed by atoms with Crippen molar-refractivity contribution >= 4 is 28.5 Å². The van der Waals surface area contributed by atoms with Crippen molar-refractivity contribution in [3.8, 4) is 18.1 Å². The highest BCUT2D eigenvalue weighted by Gasteiger charge is 2.66. The van der Waals surface area contributed by atoms with Crippen LogP contribution in [0.5, 0.6) is 5.75 Å². The number of rotatable bonds is 7. The minimum atomic E-state index is -1.11. The van der Waals surface area contributed by atoms with E-state index in [4.69, 9.17) is 21.6 Å². The monoisotopic (exact) mass is 500 g/mol. The van der Waals surface area contributed by atoms with Gasteiger partial charge < -0.3 is 20.5 Å². The second-order valence-electron chi connectivity index (χ2n) is 8.99. The number of nitrogens with one attached hydrogen (secondary N) is 1. The molecular formula is C25H26F2N4O3S. The fraction of sp³-hybridized carbons (Fsp3) is 0.400. The summed E-state index contributed by atoms with van der Waals surface area (Å²) >= 11 is 1.40. The molecule has 35 heavy (non-hydrogen) atoms. The van der Waals surface area contributed by atoms with Crippen LogP contribution < -0.4 is 15.8 Å². The van der Waals surface area contributed by atoms with Crippen molar-refractivity contribution in [3.63, 3.8) is 0 Å². The lowest BCUT2D eigenvalue weighted by molar-refractivity contribution is 0.102. The number of halogens is 2. The van der Waals surface area contributed by atoms with E-state index < -0.39 is 29.2 Å². The van der Waals surface area contributed by atoms with Crippen LogP contribution in [0, 0.1) is 36.8 Å². The summed E-state index contributed by atoms with van der Waals surface area (Å²) in [6, 6.07) is 3.97. The number of nitrogens with two attached hydrogens (primary N) is 1. The van der Waals surface area contributed by atoms with Crippen molar-refractivity contribution in [2.24, 2.45) is 16.6 Å². The van der Waals surface area contributed by atoms with Gasteiger partial charge in [0.25, 0.3) is 5.91 Å². The van der Waals surface area contributed by atoms with Gasteiger partial charge in [0.1, 0.15) is 11.4 Å². The number of methoxy groups -OCH3 is 1. The van der Waals surface area contributed by atoms with Gasteiger partial charge >= 0.3 is 0 Å². The van der Waals surface area contributed by atoms with Crippen molar-refractivity contribution < 1.29 is 23.0 Å². The summed E-state index contributed by atoms with van der Waals surface area (Å²) in [4.78, 5) is 21.6. The first-order valence-electron chi connectivity index (χ1n) is 11.0. The number of fused-ring (bicyclic) bond motifs is 1. The molecule has 1 aliphatic carbocycles. The number of hydrogen-bond acceptors (Lipinski definition) is 7. The summed E-state index contributed by atoms with van der Waals surface area (Å²) in [7, 11) is 1.59. The van der Waals surface area contributed by atoms with Crippen LogP contribution >= 0.6 is 11.8 Å². The van der Waals surface area contributed by atoms with E-state index in [-0.39, 0.29) is 32.8 Å². The number of aromatic nitrogens is 1. The first-order chi connectivity index (χ1) is 16.5. The highest BCUT2D eigenvalue weighted by atomic mass is 32.2. The highest BCUT2D eigenvalue weighted by Crippen LogP contribution is 2.66. The second-order valence-corrected chi connectivity index (χ2v) is 10.4. The van der Waals surface area contributed by atoms with Crippen molar-refractivity contribution in [2.75, 3.05) is 19.0 Å². The van der Waals surface area contributed by atoms with Crippen LogP contribution in [0.3, 0.4) is 0 Å². The predicted molar refractivity (Wildman–Crippen MR) is 131 cm³/mol. The largest absolute Gasteiger partial charge is 0.476 e. The number of aryl methyl sites for hydroxylation is 1. The summed E-state index contributed by atoms with van der Waals surface area (Å²) in [5.41, 5.74) is 5.71. The summed E-state index contributed by atoms with van der Waals surface area (Å²) in [6.07, 6.45) is 6.94. The molecule has 1 aromatic carbocycles. The topological polar surface area (TPSA) is 98.8 Å². The van der Waals surface area contributed by atoms with Gasteiger partial charge in [0.05, 0.1) is 23.1 Å². The fourth-order valence-electron chi connectivity index (χ4n) is 4.64. The van der Waals surface area contributed by atoms with E-state index >= 15 is 4.39 Å². The zero-order valence-corrected chi connectivity index (χ0v) is 20.6. The van der Waals surface area contributed by atoms with Crippen LogP contribution in [0.4, 0.5) is 14.5 Å². The Bertz CT molecular complexity index is 1260. The molecular weight excluding hydrogens is 474 g/mol. The van der Waals surface area contributed by atoms with Gasteiger partial charge in [-0.15, -0.1) is 6.42 Å². The number of hydrogen-bond donors (Lipinski definition) is 2. The van der Waals surface area contributed by atoms with E-state index in [2.05, 4.69) is 21.2 Å². The second kappa shape index (κ2) is 9.13. The smallest absolute Gasteiger partial charge is 0.274 e. The van der Waals surface area contributed by atoms with E-state index in [1.165, 1.54) is 24.0 Å². The summed E-state index contributed by atoms with van der Waals surface area (Å²) in [5.74, 6) is 0.0620. The molecule has 4 rings (SSSR count). The summed E-state index contributed by atoms with van der Waals surface area (Å²) < 4.78 is 40.3. The van der Waals surface area contributed by atoms with Crippen molar-refractivity contribution in [3.05, 3.63) is 52.9 Å². The molecule has 7 nitrogen and oxygen atoms in total. The number of anilines is 1. The van der Waals surface area contributed by atoms with Gasteiger partial charge in [0, 0.05) is 30.3 Å². The SMILES string of the molecule is C#C[C@H](C)Oc1cnc(C(=O)Nc2cc(F)c(F)c([C@@]3(C)N=C(N)S[C@@]4(COC)C[C@H]43)c2)c(C)c1. The third-order valence-electron chi connectivity index (χ3n) is 6.39. The number of thioether (sulfide) groups is 1. The van der Waals surface area contributed by atoms with E-state index in [0.717, 1.165) is 6.07 Å². The number of nitrogens with zero attached hydrogens (tertiary/aromatic N) is 2. The number of carbonyl (C=O) groups is 1. The van der Waals surface area contributed by atoms with Crippen molar-refractivity contribution in [1.29, 1.82) is 0 Å². The molecule has 0 unspecified atom stereocenters. The number of amides is 1. The Morgan fingerprint density at radius 2 is 2.17 bits per heavy atom. The molecule has 2 aliphatic rings. The zero-order chi connectivity index (χ0) is 25.5. The number of amidine groups is 1. The van der Waals surface area contributed by atoms with Gasteiger partial charge in [-0.05, 0) is 44.9 Å². The molecule has 1 aromatic heterocycles. The van der Waals surface area contributed by atoms with Crippen LogP contribution in [-0.2, 0) is 10.3 Å². The number of benzene rings is 1. The van der Waals surface area contributed by atoms with Gasteiger partial charge in [-0.3, -0.25) is 9.79 Å². The number of terminal acetylenes is 1. The van der Waals surface area contributed by atoms with Gasteiger partial charge in [0.15, 0.2) is 22.9 Å². The Balaban J connectivity index is 1.63. The minimum Gasteiger partial charge on any atom is -0.476 e. The van der Waals surface area contributed by atoms with Crippen LogP contribution in [0.2, 0.25) is 0 Å². The Kier molecular flexibility index (Phi) is 6.51. The van der Waals surface area contributed by atoms with Gasteiger partial charge in [0.2, 0.25) is 0 Å². The lowest BCUT2D eigenvalue weighted by atomic mass is 9.85. The van der Waals surface area contributed by atoms with E-state index in [1.54, 1.807) is 33.9 Å². The number of aliphatic imine (C=N–C) groups is 1. The first-order valence-corrected chi connectivity index (χ1v) is 11.8. The third-order valence-corrected chi connectivity index (χ3v) is 7.67.